The Bertz CT molecular complexity index is 493. The lowest BCUT2D eigenvalue weighted by Crippen LogP contribution is -2.23. The van der Waals surface area contributed by atoms with Crippen LogP contribution in [0.4, 0.5) is 14.5 Å². The predicted octanol–water partition coefficient (Wildman–Crippen LogP) is 4.41. The molecule has 2 unspecified atom stereocenters. The zero-order chi connectivity index (χ0) is 13.3. The Morgan fingerprint density at radius 2 is 2.06 bits per heavy atom. The molecule has 6 heteroatoms. The van der Waals surface area contributed by atoms with Gasteiger partial charge in [-0.1, -0.05) is 18.7 Å². The lowest BCUT2D eigenvalue weighted by atomic mass is 10.2. The monoisotopic (exact) mass is 334 g/mol. The fourth-order valence-electron chi connectivity index (χ4n) is 1.80. The van der Waals surface area contributed by atoms with Gasteiger partial charge in [-0.15, -0.1) is 0 Å². The topological polar surface area (TPSA) is 24.4 Å². The van der Waals surface area contributed by atoms with Gasteiger partial charge in [0.05, 0.1) is 16.2 Å². The number of aliphatic imine (C=N–C) groups is 1. The lowest BCUT2D eigenvalue weighted by Gasteiger charge is -2.23. The summed E-state index contributed by atoms with van der Waals surface area (Å²) in [5.74, 6) is -1.23. The molecule has 1 heterocycles. The van der Waals surface area contributed by atoms with Gasteiger partial charge >= 0.3 is 0 Å². The molecule has 1 aliphatic heterocycles. The SMILES string of the molecule is CC1CC(C)SC(Nc2cc(Br)c(F)cc2F)=N1. The molecule has 1 aliphatic rings. The van der Waals surface area contributed by atoms with Gasteiger partial charge in [0.1, 0.15) is 11.6 Å². The van der Waals surface area contributed by atoms with Crippen molar-refractivity contribution >= 4 is 38.5 Å². The number of thioether (sulfide) groups is 1. The summed E-state index contributed by atoms with van der Waals surface area (Å²) in [6.45, 7) is 4.13. The van der Waals surface area contributed by atoms with Crippen molar-refractivity contribution in [1.29, 1.82) is 0 Å². The zero-order valence-electron chi connectivity index (χ0n) is 10.0. The van der Waals surface area contributed by atoms with Crippen LogP contribution >= 0.6 is 27.7 Å². The smallest absolute Gasteiger partial charge is 0.161 e. The van der Waals surface area contributed by atoms with E-state index >= 15 is 0 Å². The Labute approximate surface area is 117 Å². The summed E-state index contributed by atoms with van der Waals surface area (Å²) in [5, 5.41) is 4.04. The summed E-state index contributed by atoms with van der Waals surface area (Å²) in [7, 11) is 0. The lowest BCUT2D eigenvalue weighted by molar-refractivity contribution is 0.581. The van der Waals surface area contributed by atoms with Crippen molar-refractivity contribution in [2.45, 2.75) is 31.6 Å². The van der Waals surface area contributed by atoms with E-state index in [1.165, 1.54) is 6.07 Å². The molecule has 0 aliphatic carbocycles. The molecule has 18 heavy (non-hydrogen) atoms. The van der Waals surface area contributed by atoms with Crippen LogP contribution in [0.25, 0.3) is 0 Å². The van der Waals surface area contributed by atoms with Crippen LogP contribution in [0.2, 0.25) is 0 Å². The number of anilines is 1. The van der Waals surface area contributed by atoms with E-state index in [2.05, 4.69) is 33.2 Å². The standard InChI is InChI=1S/C12H13BrF2N2S/c1-6-3-7(2)18-12(16-6)17-11-4-8(13)9(14)5-10(11)15/h4-7H,3H2,1-2H3,(H,16,17). The molecule has 0 saturated heterocycles. The van der Waals surface area contributed by atoms with E-state index in [9.17, 15) is 8.78 Å². The third kappa shape index (κ3) is 3.23. The molecular formula is C12H13BrF2N2S. The van der Waals surface area contributed by atoms with Gasteiger partial charge in [-0.2, -0.15) is 0 Å². The number of hydrogen-bond donors (Lipinski definition) is 1. The van der Waals surface area contributed by atoms with Gasteiger partial charge in [-0.05, 0) is 35.3 Å². The Balaban J connectivity index is 2.21. The average molecular weight is 335 g/mol. The van der Waals surface area contributed by atoms with Gasteiger partial charge < -0.3 is 5.32 Å². The highest BCUT2D eigenvalue weighted by molar-refractivity contribution is 9.10. The van der Waals surface area contributed by atoms with E-state index in [-0.39, 0.29) is 16.2 Å². The van der Waals surface area contributed by atoms with Crippen LogP contribution in [0.5, 0.6) is 0 Å². The number of nitrogens with one attached hydrogen (secondary N) is 1. The van der Waals surface area contributed by atoms with Crippen LogP contribution in [0.3, 0.4) is 0 Å². The minimum absolute atomic E-state index is 0.218. The largest absolute Gasteiger partial charge is 0.333 e. The Kier molecular flexibility index (Phi) is 4.27. The first-order valence-electron chi connectivity index (χ1n) is 5.61. The second-order valence-electron chi connectivity index (χ2n) is 4.32. The summed E-state index contributed by atoms with van der Waals surface area (Å²) in [5.41, 5.74) is 0.232. The first-order chi connectivity index (χ1) is 8.45. The molecule has 0 amide bonds. The first-order valence-corrected chi connectivity index (χ1v) is 7.29. The summed E-state index contributed by atoms with van der Waals surface area (Å²) < 4.78 is 26.9. The van der Waals surface area contributed by atoms with Crippen molar-refractivity contribution in [1.82, 2.24) is 0 Å². The van der Waals surface area contributed by atoms with Crippen LogP contribution in [0, 0.1) is 11.6 Å². The minimum atomic E-state index is -0.620. The molecule has 1 aromatic rings. The van der Waals surface area contributed by atoms with Crippen molar-refractivity contribution in [3.05, 3.63) is 28.2 Å². The molecule has 0 spiro atoms. The number of rotatable bonds is 1. The number of halogens is 3. The molecule has 2 rings (SSSR count). The molecule has 0 saturated carbocycles. The van der Waals surface area contributed by atoms with E-state index in [0.29, 0.717) is 10.4 Å². The minimum Gasteiger partial charge on any atom is -0.333 e. The molecular weight excluding hydrogens is 322 g/mol. The Morgan fingerprint density at radius 1 is 1.33 bits per heavy atom. The van der Waals surface area contributed by atoms with Gasteiger partial charge in [-0.3, -0.25) is 4.99 Å². The highest BCUT2D eigenvalue weighted by Crippen LogP contribution is 2.28. The molecule has 0 fully saturated rings. The predicted molar refractivity (Wildman–Crippen MR) is 76.2 cm³/mol. The molecule has 98 valence electrons. The number of benzene rings is 1. The van der Waals surface area contributed by atoms with Crippen molar-refractivity contribution in [2.75, 3.05) is 5.32 Å². The number of nitrogens with zero attached hydrogens (tertiary/aromatic N) is 1. The summed E-state index contributed by atoms with van der Waals surface area (Å²) in [6, 6.07) is 2.46. The Hall–Kier alpha value is -0.620. The maximum atomic E-state index is 13.6. The first kappa shape index (κ1) is 13.8. The van der Waals surface area contributed by atoms with Crippen LogP contribution in [0.15, 0.2) is 21.6 Å². The maximum absolute atomic E-state index is 13.6. The maximum Gasteiger partial charge on any atom is 0.161 e. The van der Waals surface area contributed by atoms with Gasteiger partial charge in [0.25, 0.3) is 0 Å². The molecule has 2 nitrogen and oxygen atoms in total. The fraction of sp³-hybridized carbons (Fsp3) is 0.417. The van der Waals surface area contributed by atoms with Gasteiger partial charge in [0, 0.05) is 11.3 Å². The quantitative estimate of drug-likeness (QED) is 0.769. The molecule has 0 bridgehead atoms. The van der Waals surface area contributed by atoms with Gasteiger partial charge in [0.2, 0.25) is 0 Å². The number of hydrogen-bond acceptors (Lipinski definition) is 3. The van der Waals surface area contributed by atoms with Gasteiger partial charge in [-0.25, -0.2) is 8.78 Å². The number of amidine groups is 1. The summed E-state index contributed by atoms with van der Waals surface area (Å²) in [4.78, 5) is 4.41. The Morgan fingerprint density at radius 3 is 2.72 bits per heavy atom. The van der Waals surface area contributed by atoms with Crippen LogP contribution in [0.1, 0.15) is 20.3 Å². The van der Waals surface area contributed by atoms with E-state index in [1.807, 2.05) is 6.92 Å². The van der Waals surface area contributed by atoms with Crippen LogP contribution < -0.4 is 5.32 Å². The molecule has 0 aromatic heterocycles. The summed E-state index contributed by atoms with van der Waals surface area (Å²) >= 11 is 4.61. The van der Waals surface area contributed by atoms with Crippen LogP contribution in [-0.2, 0) is 0 Å². The van der Waals surface area contributed by atoms with E-state index < -0.39 is 11.6 Å². The molecule has 0 radical (unpaired) electrons. The second kappa shape index (κ2) is 5.57. The van der Waals surface area contributed by atoms with E-state index in [0.717, 1.165) is 12.5 Å². The molecule has 1 N–H and O–H groups in total. The molecule has 2 atom stereocenters. The second-order valence-corrected chi connectivity index (χ2v) is 6.60. The highest BCUT2D eigenvalue weighted by atomic mass is 79.9. The van der Waals surface area contributed by atoms with Crippen LogP contribution in [-0.4, -0.2) is 16.5 Å². The van der Waals surface area contributed by atoms with Crippen molar-refractivity contribution in [2.24, 2.45) is 4.99 Å². The third-order valence-corrected chi connectivity index (χ3v) is 4.21. The zero-order valence-corrected chi connectivity index (χ0v) is 12.4. The van der Waals surface area contributed by atoms with Crippen molar-refractivity contribution in [3.63, 3.8) is 0 Å². The third-order valence-electron chi connectivity index (χ3n) is 2.58. The normalized spacial score (nSPS) is 23.7. The summed E-state index contributed by atoms with van der Waals surface area (Å²) in [6.07, 6.45) is 1.01. The highest BCUT2D eigenvalue weighted by Gasteiger charge is 2.19. The average Bonchev–Trinajstić information content (AvgIpc) is 2.24. The van der Waals surface area contributed by atoms with E-state index in [4.69, 9.17) is 0 Å². The molecule has 1 aromatic carbocycles. The van der Waals surface area contributed by atoms with E-state index in [1.54, 1.807) is 11.8 Å². The fourth-order valence-corrected chi connectivity index (χ4v) is 3.31. The van der Waals surface area contributed by atoms with Crippen molar-refractivity contribution < 1.29 is 8.78 Å². The van der Waals surface area contributed by atoms with Gasteiger partial charge in [0.15, 0.2) is 5.17 Å². The van der Waals surface area contributed by atoms with Crippen molar-refractivity contribution in [3.8, 4) is 0 Å².